The lowest BCUT2D eigenvalue weighted by Crippen LogP contribution is -1.95. The van der Waals surface area contributed by atoms with E-state index in [9.17, 15) is 0 Å². The van der Waals surface area contributed by atoms with Crippen molar-refractivity contribution in [3.8, 4) is 0 Å². The van der Waals surface area contributed by atoms with E-state index < -0.39 is 0 Å². The highest BCUT2D eigenvalue weighted by molar-refractivity contribution is 6.08. The molecule has 0 aliphatic rings. The molecular weight excluding hydrogens is 306 g/mol. The Morgan fingerprint density at radius 1 is 0.840 bits per heavy atom. The number of hydrogen-bond donors (Lipinski definition) is 0. The van der Waals surface area contributed by atoms with Crippen LogP contribution in [0.25, 0.3) is 27.9 Å². The van der Waals surface area contributed by atoms with E-state index in [2.05, 4.69) is 84.9 Å². The van der Waals surface area contributed by atoms with Gasteiger partial charge in [-0.05, 0) is 28.8 Å². The second-order valence-corrected chi connectivity index (χ2v) is 6.37. The van der Waals surface area contributed by atoms with Gasteiger partial charge in [-0.3, -0.25) is 0 Å². The number of rotatable bonds is 5. The molecule has 0 fully saturated rings. The van der Waals surface area contributed by atoms with Crippen LogP contribution >= 0.6 is 0 Å². The monoisotopic (exact) mass is 327 g/mol. The predicted octanol–water partition coefficient (Wildman–Crippen LogP) is 5.69. The molecule has 0 bridgehead atoms. The van der Waals surface area contributed by atoms with Crippen molar-refractivity contribution >= 4 is 27.9 Å². The lowest BCUT2D eigenvalue weighted by atomic mass is 10.1. The number of para-hydroxylation sites is 1. The smallest absolute Gasteiger partial charge is 0.0722 e. The first-order chi connectivity index (χ1) is 12.3. The highest BCUT2D eigenvalue weighted by Crippen LogP contribution is 2.28. The molecule has 0 saturated heterocycles. The van der Waals surface area contributed by atoms with Crippen LogP contribution in [0.2, 0.25) is 0 Å². The molecule has 0 unspecified atom stereocenters. The van der Waals surface area contributed by atoms with Crippen molar-refractivity contribution in [1.29, 1.82) is 0 Å². The molecule has 0 atom stereocenters. The molecular formula is C23H21NO. The Kier molecular flexibility index (Phi) is 4.12. The second kappa shape index (κ2) is 6.58. The van der Waals surface area contributed by atoms with Crippen molar-refractivity contribution in [2.45, 2.75) is 13.2 Å². The maximum Gasteiger partial charge on any atom is 0.0722 e. The summed E-state index contributed by atoms with van der Waals surface area (Å²) in [6.07, 6.45) is 1.85. The highest BCUT2D eigenvalue weighted by atomic mass is 16.5. The fraction of sp³-hybridized carbons (Fsp3) is 0.130. The number of nitrogens with zero attached hydrogens (tertiary/aromatic N) is 1. The highest BCUT2D eigenvalue weighted by Gasteiger charge is 2.08. The van der Waals surface area contributed by atoms with Crippen molar-refractivity contribution in [1.82, 2.24) is 4.57 Å². The zero-order valence-corrected chi connectivity index (χ0v) is 14.4. The molecule has 3 aromatic carbocycles. The molecule has 2 nitrogen and oxygen atoms in total. The fourth-order valence-electron chi connectivity index (χ4n) is 3.33. The zero-order valence-electron chi connectivity index (χ0n) is 14.4. The third-order valence-corrected chi connectivity index (χ3v) is 4.73. The molecule has 124 valence electrons. The Bertz CT molecular complexity index is 1040. The van der Waals surface area contributed by atoms with Gasteiger partial charge in [-0.2, -0.15) is 0 Å². The van der Waals surface area contributed by atoms with Crippen LogP contribution in [0.4, 0.5) is 0 Å². The van der Waals surface area contributed by atoms with Gasteiger partial charge in [0.15, 0.2) is 0 Å². The summed E-state index contributed by atoms with van der Waals surface area (Å²) in [7, 11) is 2.12. The molecule has 0 N–H and O–H groups in total. The summed E-state index contributed by atoms with van der Waals surface area (Å²) >= 11 is 0. The molecule has 1 heterocycles. The van der Waals surface area contributed by atoms with E-state index in [1.165, 1.54) is 32.9 Å². The molecule has 0 amide bonds. The van der Waals surface area contributed by atoms with Crippen LogP contribution in [0, 0.1) is 0 Å². The Hall–Kier alpha value is -2.84. The summed E-state index contributed by atoms with van der Waals surface area (Å²) in [5.41, 5.74) is 6.01. The van der Waals surface area contributed by atoms with Gasteiger partial charge in [0.1, 0.15) is 0 Å². The van der Waals surface area contributed by atoms with Crippen LogP contribution in [-0.2, 0) is 25.0 Å². The van der Waals surface area contributed by atoms with Gasteiger partial charge in [0.05, 0.1) is 13.2 Å². The quantitative estimate of drug-likeness (QED) is 0.459. The molecule has 25 heavy (non-hydrogen) atoms. The lowest BCUT2D eigenvalue weighted by molar-refractivity contribution is 0.107. The minimum Gasteiger partial charge on any atom is -0.372 e. The molecule has 4 rings (SSSR count). The van der Waals surface area contributed by atoms with Crippen molar-refractivity contribution in [3.63, 3.8) is 0 Å². The molecule has 2 heteroatoms. The number of ether oxygens (including phenoxy) is 1. The van der Waals surface area contributed by atoms with E-state index in [0.29, 0.717) is 13.2 Å². The molecule has 0 radical (unpaired) electrons. The Balaban J connectivity index is 1.52. The van der Waals surface area contributed by atoms with Crippen molar-refractivity contribution in [2.75, 3.05) is 0 Å². The van der Waals surface area contributed by atoms with Crippen LogP contribution < -0.4 is 0 Å². The summed E-state index contributed by atoms with van der Waals surface area (Å²) < 4.78 is 8.16. The molecule has 0 spiro atoms. The maximum absolute atomic E-state index is 5.91. The standard InChI is InChI=1S/C23H21NO/c1-3-17-8-10-18(11-9-17)15-25-16-19-12-13-21-20-6-4-5-7-22(20)24(2)23(21)14-19/h3-14H,1,15-16H2,2H3. The van der Waals surface area contributed by atoms with E-state index in [4.69, 9.17) is 4.74 Å². The summed E-state index contributed by atoms with van der Waals surface area (Å²) in [6, 6.07) is 23.4. The van der Waals surface area contributed by atoms with Gasteiger partial charge < -0.3 is 9.30 Å². The minimum atomic E-state index is 0.612. The van der Waals surface area contributed by atoms with Gasteiger partial charge in [-0.25, -0.2) is 0 Å². The van der Waals surface area contributed by atoms with Crippen molar-refractivity contribution < 1.29 is 4.74 Å². The molecule has 0 aliphatic carbocycles. The van der Waals surface area contributed by atoms with Crippen LogP contribution in [-0.4, -0.2) is 4.57 Å². The fourth-order valence-corrected chi connectivity index (χ4v) is 3.33. The SMILES string of the molecule is C=Cc1ccc(COCc2ccc3c4ccccc4n(C)c3c2)cc1. The number of aromatic nitrogens is 1. The molecule has 0 saturated carbocycles. The van der Waals surface area contributed by atoms with E-state index in [1.807, 2.05) is 6.08 Å². The number of fused-ring (bicyclic) bond motifs is 3. The van der Waals surface area contributed by atoms with E-state index in [0.717, 1.165) is 5.56 Å². The minimum absolute atomic E-state index is 0.612. The largest absolute Gasteiger partial charge is 0.372 e. The first-order valence-electron chi connectivity index (χ1n) is 8.51. The van der Waals surface area contributed by atoms with E-state index in [1.54, 1.807) is 0 Å². The lowest BCUT2D eigenvalue weighted by Gasteiger charge is -2.06. The molecule has 0 aliphatic heterocycles. The van der Waals surface area contributed by atoms with Crippen LogP contribution in [0.5, 0.6) is 0 Å². The third kappa shape index (κ3) is 2.97. The molecule has 1 aromatic heterocycles. The Morgan fingerprint density at radius 2 is 1.52 bits per heavy atom. The van der Waals surface area contributed by atoms with Gasteiger partial charge in [0.25, 0.3) is 0 Å². The van der Waals surface area contributed by atoms with Gasteiger partial charge in [0, 0.05) is 28.9 Å². The first kappa shape index (κ1) is 15.7. The average molecular weight is 327 g/mol. The van der Waals surface area contributed by atoms with Gasteiger partial charge in [-0.15, -0.1) is 0 Å². The van der Waals surface area contributed by atoms with E-state index in [-0.39, 0.29) is 0 Å². The predicted molar refractivity (Wildman–Crippen MR) is 105 cm³/mol. The van der Waals surface area contributed by atoms with Gasteiger partial charge >= 0.3 is 0 Å². The summed E-state index contributed by atoms with van der Waals surface area (Å²) in [5, 5.41) is 2.59. The summed E-state index contributed by atoms with van der Waals surface area (Å²) in [4.78, 5) is 0. The summed E-state index contributed by atoms with van der Waals surface area (Å²) in [6.45, 7) is 5.00. The van der Waals surface area contributed by atoms with Gasteiger partial charge in [-0.1, -0.05) is 67.3 Å². The van der Waals surface area contributed by atoms with Crippen molar-refractivity contribution in [3.05, 3.63) is 90.0 Å². The number of hydrogen-bond acceptors (Lipinski definition) is 1. The first-order valence-corrected chi connectivity index (χ1v) is 8.51. The zero-order chi connectivity index (χ0) is 17.2. The topological polar surface area (TPSA) is 14.2 Å². The normalized spacial score (nSPS) is 11.2. The Morgan fingerprint density at radius 3 is 2.32 bits per heavy atom. The van der Waals surface area contributed by atoms with Gasteiger partial charge in [0.2, 0.25) is 0 Å². The average Bonchev–Trinajstić information content (AvgIpc) is 2.95. The maximum atomic E-state index is 5.91. The third-order valence-electron chi connectivity index (χ3n) is 4.73. The van der Waals surface area contributed by atoms with E-state index >= 15 is 0 Å². The number of benzene rings is 3. The second-order valence-electron chi connectivity index (χ2n) is 6.37. The number of aryl methyl sites for hydroxylation is 1. The Labute approximate surface area is 148 Å². The van der Waals surface area contributed by atoms with Crippen LogP contribution in [0.3, 0.4) is 0 Å². The van der Waals surface area contributed by atoms with Crippen LogP contribution in [0.15, 0.2) is 73.3 Å². The van der Waals surface area contributed by atoms with Crippen molar-refractivity contribution in [2.24, 2.45) is 7.05 Å². The summed E-state index contributed by atoms with van der Waals surface area (Å²) in [5.74, 6) is 0. The molecule has 4 aromatic rings. The van der Waals surface area contributed by atoms with Crippen LogP contribution in [0.1, 0.15) is 16.7 Å².